The molecule has 1 aliphatic heterocycles. The number of aromatic amines is 1. The summed E-state index contributed by atoms with van der Waals surface area (Å²) in [4.78, 5) is 22.8. The number of hydrazone groups is 1. The van der Waals surface area contributed by atoms with Gasteiger partial charge in [0.15, 0.2) is 17.4 Å². The molecule has 2 aliphatic rings. The number of likely N-dealkylation sites (tertiary alicyclic amines) is 1. The van der Waals surface area contributed by atoms with Crippen LogP contribution in [0.4, 0.5) is 22.4 Å². The molecule has 1 unspecified atom stereocenters. The zero-order chi connectivity index (χ0) is 33.4. The molecule has 3 aromatic heterocycles. The third kappa shape index (κ3) is 6.61. The molecule has 244 valence electrons. The highest BCUT2D eigenvalue weighted by atomic mass is 19.4. The number of pyridine rings is 2. The summed E-state index contributed by atoms with van der Waals surface area (Å²) in [6, 6.07) is 5.53. The first kappa shape index (κ1) is 32.6. The third-order valence-corrected chi connectivity index (χ3v) is 8.11. The van der Waals surface area contributed by atoms with E-state index in [4.69, 9.17) is 20.3 Å². The highest BCUT2D eigenvalue weighted by Crippen LogP contribution is 2.65. The molecule has 1 saturated carbocycles. The van der Waals surface area contributed by atoms with Crippen LogP contribution in [0.2, 0.25) is 0 Å². The number of nitrogens with one attached hydrogen (secondary N) is 1. The van der Waals surface area contributed by atoms with E-state index in [0.29, 0.717) is 37.2 Å². The zero-order valence-corrected chi connectivity index (χ0v) is 25.9. The zero-order valence-electron chi connectivity index (χ0n) is 25.9. The average Bonchev–Trinajstić information content (AvgIpc) is 3.70. The van der Waals surface area contributed by atoms with Gasteiger partial charge in [0, 0.05) is 19.2 Å². The molecular formula is C31H35F4N8O3+. The monoisotopic (exact) mass is 643 g/mol. The fourth-order valence-corrected chi connectivity index (χ4v) is 5.61. The number of nitrogens with two attached hydrogens (primary N) is 1. The van der Waals surface area contributed by atoms with Crippen LogP contribution >= 0.6 is 0 Å². The Kier molecular flexibility index (Phi) is 8.67. The summed E-state index contributed by atoms with van der Waals surface area (Å²) in [6.07, 6.45) is -2.10. The van der Waals surface area contributed by atoms with Gasteiger partial charge in [0.05, 0.1) is 35.4 Å². The van der Waals surface area contributed by atoms with Crippen LogP contribution in [0.25, 0.3) is 5.52 Å². The second-order valence-electron chi connectivity index (χ2n) is 12.6. The number of carbonyl (C=O) groups excluding carboxylic acids is 1. The Morgan fingerprint density at radius 2 is 1.96 bits per heavy atom. The Morgan fingerprint density at radius 1 is 1.26 bits per heavy atom. The topological polar surface area (TPSA) is 146 Å². The van der Waals surface area contributed by atoms with E-state index in [0.717, 1.165) is 12.3 Å². The molecule has 2 fully saturated rings. The smallest absolute Gasteiger partial charge is 0.410 e. The second-order valence-corrected chi connectivity index (χ2v) is 12.6. The molecule has 46 heavy (non-hydrogen) atoms. The Balaban J connectivity index is 1.47. The first-order valence-corrected chi connectivity index (χ1v) is 14.8. The normalized spacial score (nSPS) is 18.3. The first-order chi connectivity index (χ1) is 21.7. The lowest BCUT2D eigenvalue weighted by Crippen LogP contribution is -2.42. The number of hydrogen-bond donors (Lipinski definition) is 2. The summed E-state index contributed by atoms with van der Waals surface area (Å²) in [5, 5.41) is 16.6. The minimum Gasteiger partial charge on any atom is -0.476 e. The molecule has 4 heterocycles. The fraction of sp³-hybridized carbons (Fsp3) is 0.484. The Morgan fingerprint density at radius 3 is 2.50 bits per heavy atom. The molecule has 1 amide bonds. The van der Waals surface area contributed by atoms with E-state index in [1.54, 1.807) is 38.8 Å². The van der Waals surface area contributed by atoms with Crippen LogP contribution in [0.15, 0.2) is 46.9 Å². The van der Waals surface area contributed by atoms with E-state index in [1.165, 1.54) is 22.8 Å². The highest BCUT2D eigenvalue weighted by molar-refractivity contribution is 6.47. The van der Waals surface area contributed by atoms with Crippen molar-refractivity contribution in [2.75, 3.05) is 13.1 Å². The predicted octanol–water partition coefficient (Wildman–Crippen LogP) is 5.14. The molecule has 1 atom stereocenters. The summed E-state index contributed by atoms with van der Waals surface area (Å²) in [7, 11) is 0. The quantitative estimate of drug-likeness (QED) is 0.120. The van der Waals surface area contributed by atoms with Gasteiger partial charge in [0.2, 0.25) is 6.20 Å². The Bertz CT molecular complexity index is 1710. The van der Waals surface area contributed by atoms with Crippen LogP contribution in [0.3, 0.4) is 0 Å². The van der Waals surface area contributed by atoms with E-state index in [1.807, 2.05) is 6.07 Å². The molecule has 5 rings (SSSR count). The van der Waals surface area contributed by atoms with Gasteiger partial charge < -0.3 is 20.2 Å². The van der Waals surface area contributed by atoms with E-state index in [-0.39, 0.29) is 53.2 Å². The summed E-state index contributed by atoms with van der Waals surface area (Å²) in [5.74, 6) is 5.07. The van der Waals surface area contributed by atoms with Crippen molar-refractivity contribution in [1.82, 2.24) is 15.0 Å². The minimum absolute atomic E-state index is 0.0541. The molecule has 3 aromatic rings. The summed E-state index contributed by atoms with van der Waals surface area (Å²) < 4.78 is 70.0. The maximum Gasteiger partial charge on any atom is 0.410 e. The lowest BCUT2D eigenvalue weighted by atomic mass is 9.94. The number of nitrogens with zero attached hydrogens (tertiary/aromatic N) is 6. The number of alkyl halides is 3. The number of aliphatic imine (C=N–C) groups is 1. The standard InChI is InChI=1S/C31H34F4N8O3/c1-18(40-22-7-11-42(12-8-22)28(44)46-29(2,3)4)25(41-37)19-13-24(26-20(14-36)15-39-43(26)17-19)45-27(23-6-5-21(32)16-38-23)30(9-10-30)31(33,34)35/h5-6,13,15-17,22,27H,7-12H2,1-4H3,(H2,37,40)/p+1. The molecule has 1 saturated heterocycles. The van der Waals surface area contributed by atoms with Crippen LogP contribution in [-0.2, 0) is 4.74 Å². The van der Waals surface area contributed by atoms with Crippen molar-refractivity contribution in [2.45, 2.75) is 77.3 Å². The molecule has 0 bridgehead atoms. The molecule has 0 spiro atoms. The first-order valence-electron chi connectivity index (χ1n) is 14.8. The molecule has 3 N–H and O–H groups in total. The number of fused-ring (bicyclic) bond motifs is 1. The highest BCUT2D eigenvalue weighted by Gasteiger charge is 2.69. The van der Waals surface area contributed by atoms with Crippen molar-refractivity contribution in [3.05, 3.63) is 59.4 Å². The van der Waals surface area contributed by atoms with E-state index >= 15 is 0 Å². The van der Waals surface area contributed by atoms with Gasteiger partial charge in [-0.05, 0) is 65.5 Å². The summed E-state index contributed by atoms with van der Waals surface area (Å²) >= 11 is 0. The van der Waals surface area contributed by atoms with Crippen molar-refractivity contribution in [2.24, 2.45) is 21.4 Å². The van der Waals surface area contributed by atoms with Crippen molar-refractivity contribution in [3.63, 3.8) is 0 Å². The Labute approximate surface area is 262 Å². The predicted molar refractivity (Wildman–Crippen MR) is 159 cm³/mol. The average molecular weight is 644 g/mol. The van der Waals surface area contributed by atoms with E-state index in [2.05, 4.69) is 15.2 Å². The molecule has 0 aromatic carbocycles. The number of nitriles is 1. The van der Waals surface area contributed by atoms with Crippen LogP contribution in [0, 0.1) is 22.6 Å². The number of ether oxygens (including phenoxy) is 2. The molecule has 0 radical (unpaired) electrons. The number of aromatic nitrogens is 3. The second kappa shape index (κ2) is 12.2. The fourth-order valence-electron chi connectivity index (χ4n) is 5.61. The van der Waals surface area contributed by atoms with Crippen molar-refractivity contribution in [3.8, 4) is 11.8 Å². The number of amides is 1. The molecule has 15 heteroatoms. The van der Waals surface area contributed by atoms with Gasteiger partial charge in [-0.1, -0.05) is 4.52 Å². The minimum atomic E-state index is -4.64. The van der Waals surface area contributed by atoms with Crippen LogP contribution < -0.4 is 15.1 Å². The van der Waals surface area contributed by atoms with Crippen molar-refractivity contribution in [1.29, 1.82) is 5.26 Å². The number of carbonyl (C=O) groups is 1. The van der Waals surface area contributed by atoms with Gasteiger partial charge >= 0.3 is 12.3 Å². The van der Waals surface area contributed by atoms with Crippen LogP contribution in [0.5, 0.6) is 5.75 Å². The van der Waals surface area contributed by atoms with Gasteiger partial charge in [-0.3, -0.25) is 9.98 Å². The molecule has 1 aliphatic carbocycles. The van der Waals surface area contributed by atoms with Gasteiger partial charge in [0.1, 0.15) is 28.6 Å². The third-order valence-electron chi connectivity index (χ3n) is 8.11. The summed E-state index contributed by atoms with van der Waals surface area (Å²) in [5.41, 5.74) is -1.57. The lowest BCUT2D eigenvalue weighted by molar-refractivity contribution is -0.577. The number of rotatable bonds is 7. The van der Waals surface area contributed by atoms with Gasteiger partial charge in [0.25, 0.3) is 5.52 Å². The number of halogens is 4. The van der Waals surface area contributed by atoms with Gasteiger partial charge in [-0.25, -0.2) is 9.18 Å². The van der Waals surface area contributed by atoms with Gasteiger partial charge in [-0.15, -0.1) is 0 Å². The Hall–Kier alpha value is -4.74. The number of H-pyrrole nitrogens is 1. The maximum atomic E-state index is 14.4. The lowest BCUT2D eigenvalue weighted by Gasteiger charge is -2.32. The maximum absolute atomic E-state index is 14.4. The molecular weight excluding hydrogens is 608 g/mol. The van der Waals surface area contributed by atoms with Crippen molar-refractivity contribution >= 4 is 23.0 Å². The van der Waals surface area contributed by atoms with Crippen LogP contribution in [0.1, 0.15) is 76.3 Å². The van der Waals surface area contributed by atoms with Gasteiger partial charge in [-0.2, -0.15) is 28.6 Å². The van der Waals surface area contributed by atoms with E-state index < -0.39 is 29.1 Å². The largest absolute Gasteiger partial charge is 0.476 e. The summed E-state index contributed by atoms with van der Waals surface area (Å²) in [6.45, 7) is 8.03. The van der Waals surface area contributed by atoms with Crippen molar-refractivity contribution < 1.29 is 36.3 Å². The number of piperidine rings is 1. The van der Waals surface area contributed by atoms with Crippen LogP contribution in [-0.4, -0.2) is 63.4 Å². The SMILES string of the molecule is CC(=NC1CCN(C(=O)OC(C)(C)C)CC1)/C(=N\N)c1cc(OC(c2ccc(F)cn2)C2(C(F)(F)F)CC2)c2c(C#N)c[nH][n+]2c1. The van der Waals surface area contributed by atoms with E-state index in [9.17, 15) is 27.6 Å². The number of hydrogen-bond acceptors (Lipinski definition) is 8. The molecule has 11 nitrogen and oxygen atoms in total.